The molecule has 0 bridgehead atoms. The topological polar surface area (TPSA) is 27.6 Å². The fourth-order valence-corrected chi connectivity index (χ4v) is 1.77. The lowest BCUT2D eigenvalue weighted by molar-refractivity contribution is 1.13. The molecule has 0 amide bonds. The zero-order valence-corrected chi connectivity index (χ0v) is 11.6. The number of benzene rings is 2. The van der Waals surface area contributed by atoms with Crippen molar-refractivity contribution in [3.63, 3.8) is 0 Å². The molecule has 0 saturated heterocycles. The predicted molar refractivity (Wildman–Crippen MR) is 83.2 cm³/mol. The van der Waals surface area contributed by atoms with E-state index in [9.17, 15) is 0 Å². The van der Waals surface area contributed by atoms with Crippen LogP contribution in [0.5, 0.6) is 0 Å². The zero-order chi connectivity index (χ0) is 13.7. The minimum absolute atomic E-state index is 0.987. The molecule has 19 heavy (non-hydrogen) atoms. The molecule has 0 aliphatic heterocycles. The fourth-order valence-electron chi connectivity index (χ4n) is 1.77. The molecule has 0 aliphatic rings. The summed E-state index contributed by atoms with van der Waals surface area (Å²) < 4.78 is 0. The monoisotopic (exact) mass is 253 g/mol. The number of aryl methyl sites for hydroxylation is 1. The minimum Gasteiger partial charge on any atom is -0.378 e. The Labute approximate surface area is 114 Å². The van der Waals surface area contributed by atoms with Crippen LogP contribution >= 0.6 is 0 Å². The molecule has 0 radical (unpaired) electrons. The summed E-state index contributed by atoms with van der Waals surface area (Å²) in [5.41, 5.74) is 7.54. The molecule has 0 fully saturated rings. The van der Waals surface area contributed by atoms with E-state index in [1.54, 1.807) is 0 Å². The average molecular weight is 253 g/mol. The van der Waals surface area contributed by atoms with Gasteiger partial charge in [0.15, 0.2) is 0 Å². The number of nitrogens with zero attached hydrogens (tertiary/aromatic N) is 2. The van der Waals surface area contributed by atoms with Crippen molar-refractivity contribution in [2.24, 2.45) is 5.10 Å². The van der Waals surface area contributed by atoms with Crippen molar-refractivity contribution in [1.82, 2.24) is 0 Å². The van der Waals surface area contributed by atoms with Gasteiger partial charge in [-0.2, -0.15) is 5.10 Å². The van der Waals surface area contributed by atoms with Gasteiger partial charge >= 0.3 is 0 Å². The molecule has 2 aromatic carbocycles. The zero-order valence-electron chi connectivity index (χ0n) is 11.6. The van der Waals surface area contributed by atoms with E-state index >= 15 is 0 Å². The maximum absolute atomic E-state index is 4.26. The van der Waals surface area contributed by atoms with Gasteiger partial charge in [0.1, 0.15) is 0 Å². The second kappa shape index (κ2) is 6.05. The summed E-state index contributed by atoms with van der Waals surface area (Å²) in [5, 5.41) is 4.26. The molecular weight excluding hydrogens is 234 g/mol. The maximum atomic E-state index is 4.26. The molecule has 0 aromatic heterocycles. The summed E-state index contributed by atoms with van der Waals surface area (Å²) >= 11 is 0. The first kappa shape index (κ1) is 13.1. The van der Waals surface area contributed by atoms with Crippen LogP contribution in [0.3, 0.4) is 0 Å². The van der Waals surface area contributed by atoms with E-state index in [0.29, 0.717) is 0 Å². The number of hydrogen-bond donors (Lipinski definition) is 1. The summed E-state index contributed by atoms with van der Waals surface area (Å²) in [5.74, 6) is 0. The van der Waals surface area contributed by atoms with Crippen molar-refractivity contribution in [2.45, 2.75) is 6.92 Å². The highest BCUT2D eigenvalue weighted by Gasteiger charge is 1.99. The molecule has 0 atom stereocenters. The van der Waals surface area contributed by atoms with Gasteiger partial charge in [-0.15, -0.1) is 0 Å². The summed E-state index contributed by atoms with van der Waals surface area (Å²) in [7, 11) is 4.08. The number of hydrazone groups is 1. The van der Waals surface area contributed by atoms with E-state index < -0.39 is 0 Å². The van der Waals surface area contributed by atoms with E-state index in [1.165, 1.54) is 11.3 Å². The minimum atomic E-state index is 0.987. The molecule has 0 spiro atoms. The first-order chi connectivity index (χ1) is 9.16. The maximum Gasteiger partial charge on any atom is 0.0561 e. The number of anilines is 2. The Balaban J connectivity index is 2.07. The molecule has 0 unspecified atom stereocenters. The summed E-state index contributed by atoms with van der Waals surface area (Å²) in [6.45, 7) is 2.09. The van der Waals surface area contributed by atoms with Gasteiger partial charge in [-0.05, 0) is 42.3 Å². The largest absolute Gasteiger partial charge is 0.378 e. The molecule has 98 valence electrons. The Bertz CT molecular complexity index is 559. The highest BCUT2D eigenvalue weighted by Crippen LogP contribution is 2.16. The molecule has 0 aliphatic carbocycles. The Hall–Kier alpha value is -2.29. The van der Waals surface area contributed by atoms with E-state index in [0.717, 1.165) is 11.3 Å². The number of rotatable bonds is 4. The summed E-state index contributed by atoms with van der Waals surface area (Å²) in [6, 6.07) is 16.3. The fraction of sp³-hybridized carbons (Fsp3) is 0.188. The number of para-hydroxylation sites is 1. The normalized spacial score (nSPS) is 10.7. The van der Waals surface area contributed by atoms with Gasteiger partial charge in [-0.1, -0.05) is 24.3 Å². The van der Waals surface area contributed by atoms with Gasteiger partial charge in [-0.3, -0.25) is 5.43 Å². The molecule has 0 saturated carbocycles. The van der Waals surface area contributed by atoms with E-state index in [-0.39, 0.29) is 0 Å². The lowest BCUT2D eigenvalue weighted by atomic mass is 10.1. The predicted octanol–water partition coefficient (Wildman–Crippen LogP) is 3.51. The van der Waals surface area contributed by atoms with Crippen LogP contribution in [-0.4, -0.2) is 20.3 Å². The summed E-state index contributed by atoms with van der Waals surface area (Å²) in [6.07, 6.45) is 1.85. The Morgan fingerprint density at radius 3 is 2.42 bits per heavy atom. The van der Waals surface area contributed by atoms with Crippen molar-refractivity contribution in [3.8, 4) is 0 Å². The van der Waals surface area contributed by atoms with Crippen LogP contribution in [0.1, 0.15) is 11.1 Å². The second-order valence-corrected chi connectivity index (χ2v) is 4.67. The third-order valence-electron chi connectivity index (χ3n) is 2.94. The summed E-state index contributed by atoms with van der Waals surface area (Å²) in [4.78, 5) is 2.09. The molecule has 0 heterocycles. The van der Waals surface area contributed by atoms with Crippen LogP contribution < -0.4 is 10.3 Å². The van der Waals surface area contributed by atoms with Crippen LogP contribution in [0.25, 0.3) is 0 Å². The van der Waals surface area contributed by atoms with Gasteiger partial charge in [0.2, 0.25) is 0 Å². The number of hydrogen-bond acceptors (Lipinski definition) is 3. The van der Waals surface area contributed by atoms with Gasteiger partial charge in [-0.25, -0.2) is 0 Å². The van der Waals surface area contributed by atoms with Crippen molar-refractivity contribution in [3.05, 3.63) is 59.7 Å². The van der Waals surface area contributed by atoms with E-state index in [2.05, 4.69) is 40.5 Å². The highest BCUT2D eigenvalue weighted by molar-refractivity contribution is 5.83. The molecule has 2 aromatic rings. The Kier molecular flexibility index (Phi) is 4.18. The van der Waals surface area contributed by atoms with Crippen LogP contribution in [-0.2, 0) is 0 Å². The quantitative estimate of drug-likeness (QED) is 0.667. The number of nitrogens with one attached hydrogen (secondary N) is 1. The average Bonchev–Trinajstić information content (AvgIpc) is 2.41. The SMILES string of the molecule is Cc1cc(N(C)C)ccc1C=NNc1ccccc1. The Morgan fingerprint density at radius 2 is 1.79 bits per heavy atom. The molecule has 2 rings (SSSR count). The lowest BCUT2D eigenvalue weighted by Crippen LogP contribution is -2.08. The van der Waals surface area contributed by atoms with Crippen molar-refractivity contribution < 1.29 is 0 Å². The van der Waals surface area contributed by atoms with Gasteiger partial charge in [0.05, 0.1) is 11.9 Å². The van der Waals surface area contributed by atoms with Gasteiger partial charge in [0, 0.05) is 19.8 Å². The molecular formula is C16H19N3. The highest BCUT2D eigenvalue weighted by atomic mass is 15.3. The van der Waals surface area contributed by atoms with Crippen molar-refractivity contribution in [1.29, 1.82) is 0 Å². The van der Waals surface area contributed by atoms with Crippen LogP contribution in [0.4, 0.5) is 11.4 Å². The lowest BCUT2D eigenvalue weighted by Gasteiger charge is -2.13. The van der Waals surface area contributed by atoms with Crippen molar-refractivity contribution >= 4 is 17.6 Å². The van der Waals surface area contributed by atoms with E-state index in [4.69, 9.17) is 0 Å². The standard InChI is InChI=1S/C16H19N3/c1-13-11-16(19(2)3)10-9-14(13)12-17-18-15-7-5-4-6-8-15/h4-12,18H,1-3H3. The van der Waals surface area contributed by atoms with Gasteiger partial charge < -0.3 is 4.90 Å². The molecule has 3 heteroatoms. The first-order valence-corrected chi connectivity index (χ1v) is 6.29. The Morgan fingerprint density at radius 1 is 1.05 bits per heavy atom. The van der Waals surface area contributed by atoms with Crippen LogP contribution in [0.15, 0.2) is 53.6 Å². The smallest absolute Gasteiger partial charge is 0.0561 e. The van der Waals surface area contributed by atoms with Crippen LogP contribution in [0.2, 0.25) is 0 Å². The van der Waals surface area contributed by atoms with Crippen molar-refractivity contribution in [2.75, 3.05) is 24.4 Å². The van der Waals surface area contributed by atoms with Crippen LogP contribution in [0, 0.1) is 6.92 Å². The molecule has 1 N–H and O–H groups in total. The van der Waals surface area contributed by atoms with Gasteiger partial charge in [0.25, 0.3) is 0 Å². The molecule has 3 nitrogen and oxygen atoms in total. The van der Waals surface area contributed by atoms with E-state index in [1.807, 2.05) is 50.6 Å². The first-order valence-electron chi connectivity index (χ1n) is 6.29. The third-order valence-corrected chi connectivity index (χ3v) is 2.94. The second-order valence-electron chi connectivity index (χ2n) is 4.67. The third kappa shape index (κ3) is 3.58.